The summed E-state index contributed by atoms with van der Waals surface area (Å²) in [6.45, 7) is 5.61. The maximum atomic E-state index is 13.3. The Balaban J connectivity index is 1.38. The zero-order valence-corrected chi connectivity index (χ0v) is 19.4. The molecule has 172 valence electrons. The molecule has 0 radical (unpaired) electrons. The van der Waals surface area contributed by atoms with Gasteiger partial charge in [-0.3, -0.25) is 4.79 Å². The third kappa shape index (κ3) is 3.40. The maximum Gasteiger partial charge on any atom is 0.157 e. The van der Waals surface area contributed by atoms with Gasteiger partial charge in [0, 0.05) is 19.2 Å². The second kappa shape index (κ2) is 7.65. The van der Waals surface area contributed by atoms with Crippen LogP contribution in [0.5, 0.6) is 0 Å². The third-order valence-electron chi connectivity index (χ3n) is 10.2. The summed E-state index contributed by atoms with van der Waals surface area (Å²) in [6, 6.07) is 0. The molecule has 0 amide bonds. The second-order valence-electron chi connectivity index (χ2n) is 11.8. The minimum atomic E-state index is -0.524. The van der Waals surface area contributed by atoms with Gasteiger partial charge < -0.3 is 9.84 Å². The highest BCUT2D eigenvalue weighted by Crippen LogP contribution is 2.68. The van der Waals surface area contributed by atoms with E-state index in [-0.39, 0.29) is 16.7 Å². The topological polar surface area (TPSA) is 77.2 Å². The van der Waals surface area contributed by atoms with E-state index in [1.165, 1.54) is 25.7 Å². The fourth-order valence-electron chi connectivity index (χ4n) is 8.90. The Bertz CT molecular complexity index is 809. The summed E-state index contributed by atoms with van der Waals surface area (Å²) in [7, 11) is 1.85. The highest BCUT2D eigenvalue weighted by Gasteiger charge is 2.63. The Morgan fingerprint density at radius 1 is 1.13 bits per heavy atom. The number of ether oxygens (including phenoxy) is 1. The number of fused-ring (bicyclic) bond motifs is 5. The predicted molar refractivity (Wildman–Crippen MR) is 117 cm³/mol. The number of ketones is 1. The Labute approximate surface area is 186 Å². The average molecular weight is 430 g/mol. The summed E-state index contributed by atoms with van der Waals surface area (Å²) >= 11 is 0. The van der Waals surface area contributed by atoms with E-state index in [9.17, 15) is 9.90 Å². The Morgan fingerprint density at radius 2 is 1.97 bits per heavy atom. The highest BCUT2D eigenvalue weighted by molar-refractivity contribution is 5.82. The molecule has 1 aromatic heterocycles. The van der Waals surface area contributed by atoms with Crippen molar-refractivity contribution in [3.63, 3.8) is 0 Å². The molecule has 4 fully saturated rings. The van der Waals surface area contributed by atoms with E-state index >= 15 is 0 Å². The van der Waals surface area contributed by atoms with Crippen molar-refractivity contribution in [1.29, 1.82) is 0 Å². The van der Waals surface area contributed by atoms with E-state index in [0.717, 1.165) is 38.7 Å². The molecule has 1 aromatic rings. The first-order valence-corrected chi connectivity index (χ1v) is 12.4. The van der Waals surface area contributed by atoms with Gasteiger partial charge in [-0.15, -0.1) is 5.10 Å². The summed E-state index contributed by atoms with van der Waals surface area (Å²) in [4.78, 5) is 13.3. The molecule has 8 atom stereocenters. The normalized spacial score (nSPS) is 46.8. The predicted octanol–water partition coefficient (Wildman–Crippen LogP) is 3.88. The first-order chi connectivity index (χ1) is 14.8. The number of aromatic nitrogens is 3. The standard InChI is InChI=1S/C25H39N3O3/c1-23(30)10-11-25(16-31-3)17(14-23)4-5-18-19-6-7-21(24(19,2)9-8-20(18)25)22(29)15-28-13-12-26-27-28/h12-13,17-21,30H,4-11,14-16H2,1-3H3/t17-,18+,19+,20?,21-,23-,24+,25-/m1/s1. The van der Waals surface area contributed by atoms with Crippen molar-refractivity contribution in [2.45, 2.75) is 83.8 Å². The molecular weight excluding hydrogens is 390 g/mol. The number of carbonyl (C=O) groups is 1. The van der Waals surface area contributed by atoms with Crippen LogP contribution in [0.1, 0.15) is 71.6 Å². The summed E-state index contributed by atoms with van der Waals surface area (Å²) in [5.41, 5.74) is -0.200. The van der Waals surface area contributed by atoms with Crippen LogP contribution in [0.25, 0.3) is 0 Å². The first-order valence-electron chi connectivity index (χ1n) is 12.4. The number of methoxy groups -OCH3 is 1. The van der Waals surface area contributed by atoms with Crippen LogP contribution in [0, 0.1) is 40.4 Å². The molecule has 6 nitrogen and oxygen atoms in total. The average Bonchev–Trinajstić information content (AvgIpc) is 3.35. The summed E-state index contributed by atoms with van der Waals surface area (Å²) in [6.07, 6.45) is 13.3. The molecule has 0 aromatic carbocycles. The summed E-state index contributed by atoms with van der Waals surface area (Å²) < 4.78 is 7.54. The van der Waals surface area contributed by atoms with Crippen LogP contribution in [0.2, 0.25) is 0 Å². The van der Waals surface area contributed by atoms with Crippen LogP contribution in [0.4, 0.5) is 0 Å². The number of aliphatic hydroxyl groups is 1. The monoisotopic (exact) mass is 429 g/mol. The molecule has 31 heavy (non-hydrogen) atoms. The number of nitrogens with zero attached hydrogens (tertiary/aromatic N) is 3. The van der Waals surface area contributed by atoms with Crippen molar-refractivity contribution in [3.05, 3.63) is 12.4 Å². The maximum absolute atomic E-state index is 13.3. The van der Waals surface area contributed by atoms with Crippen LogP contribution in [0.15, 0.2) is 12.4 Å². The first kappa shape index (κ1) is 21.6. The molecule has 5 rings (SSSR count). The fourth-order valence-corrected chi connectivity index (χ4v) is 8.90. The molecule has 0 spiro atoms. The largest absolute Gasteiger partial charge is 0.390 e. The molecule has 4 aliphatic carbocycles. The molecule has 0 aliphatic heterocycles. The molecule has 1 N–H and O–H groups in total. The van der Waals surface area contributed by atoms with Gasteiger partial charge in [0.1, 0.15) is 6.54 Å². The van der Waals surface area contributed by atoms with Gasteiger partial charge in [-0.25, -0.2) is 4.68 Å². The van der Waals surface area contributed by atoms with E-state index in [4.69, 9.17) is 4.74 Å². The van der Waals surface area contributed by atoms with Crippen LogP contribution in [-0.4, -0.2) is 45.2 Å². The van der Waals surface area contributed by atoms with E-state index in [0.29, 0.717) is 36.0 Å². The molecule has 0 bridgehead atoms. The lowest BCUT2D eigenvalue weighted by molar-refractivity contribution is -0.175. The Kier molecular flexibility index (Phi) is 5.32. The SMILES string of the molecule is COC[C@]12CC[C@@](C)(O)C[C@H]1CC[C@@H]1C2CC[C@]2(C)[C@@H](C(=O)Cn3ccnn3)CC[C@@H]12. The van der Waals surface area contributed by atoms with Gasteiger partial charge in [0.15, 0.2) is 5.78 Å². The van der Waals surface area contributed by atoms with Crippen LogP contribution in [0.3, 0.4) is 0 Å². The van der Waals surface area contributed by atoms with E-state index < -0.39 is 5.60 Å². The van der Waals surface area contributed by atoms with Gasteiger partial charge in [-0.05, 0) is 99.2 Å². The van der Waals surface area contributed by atoms with Crippen LogP contribution >= 0.6 is 0 Å². The number of hydrogen-bond acceptors (Lipinski definition) is 5. The van der Waals surface area contributed by atoms with Gasteiger partial charge >= 0.3 is 0 Å². The Morgan fingerprint density at radius 3 is 2.71 bits per heavy atom. The minimum Gasteiger partial charge on any atom is -0.390 e. The lowest BCUT2D eigenvalue weighted by Gasteiger charge is -2.62. The van der Waals surface area contributed by atoms with Gasteiger partial charge in [-0.2, -0.15) is 0 Å². The molecule has 4 saturated carbocycles. The van der Waals surface area contributed by atoms with E-state index in [2.05, 4.69) is 17.2 Å². The lowest BCUT2D eigenvalue weighted by Crippen LogP contribution is -2.58. The third-order valence-corrected chi connectivity index (χ3v) is 10.2. The van der Waals surface area contributed by atoms with Crippen molar-refractivity contribution in [1.82, 2.24) is 15.0 Å². The molecule has 0 saturated heterocycles. The van der Waals surface area contributed by atoms with E-state index in [1.807, 2.05) is 14.0 Å². The smallest absolute Gasteiger partial charge is 0.157 e. The van der Waals surface area contributed by atoms with Crippen molar-refractivity contribution >= 4 is 5.78 Å². The van der Waals surface area contributed by atoms with Crippen molar-refractivity contribution in [2.24, 2.45) is 40.4 Å². The number of carbonyl (C=O) groups excluding carboxylic acids is 1. The molecular formula is C25H39N3O3. The highest BCUT2D eigenvalue weighted by atomic mass is 16.5. The second-order valence-corrected chi connectivity index (χ2v) is 11.8. The zero-order chi connectivity index (χ0) is 21.9. The van der Waals surface area contributed by atoms with Gasteiger partial charge in [0.25, 0.3) is 0 Å². The molecule has 6 heteroatoms. The molecule has 1 unspecified atom stereocenters. The number of hydrogen-bond donors (Lipinski definition) is 1. The van der Waals surface area contributed by atoms with Crippen molar-refractivity contribution < 1.29 is 14.6 Å². The van der Waals surface area contributed by atoms with E-state index in [1.54, 1.807) is 17.1 Å². The zero-order valence-electron chi connectivity index (χ0n) is 19.4. The van der Waals surface area contributed by atoms with Crippen molar-refractivity contribution in [3.8, 4) is 0 Å². The van der Waals surface area contributed by atoms with Gasteiger partial charge in [0.05, 0.1) is 18.4 Å². The summed E-state index contributed by atoms with van der Waals surface area (Å²) in [5, 5.41) is 18.7. The van der Waals surface area contributed by atoms with Crippen LogP contribution in [-0.2, 0) is 16.1 Å². The molecule has 1 heterocycles. The number of Topliss-reactive ketones (excluding diaryl/α,β-unsaturated/α-hetero) is 1. The van der Waals surface area contributed by atoms with Crippen molar-refractivity contribution in [2.75, 3.05) is 13.7 Å². The number of rotatable bonds is 5. The Hall–Kier alpha value is -1.27. The van der Waals surface area contributed by atoms with Crippen LogP contribution < -0.4 is 0 Å². The van der Waals surface area contributed by atoms with Gasteiger partial charge in [0.2, 0.25) is 0 Å². The quantitative estimate of drug-likeness (QED) is 0.768. The van der Waals surface area contributed by atoms with Gasteiger partial charge in [-0.1, -0.05) is 12.1 Å². The minimum absolute atomic E-state index is 0.111. The fraction of sp³-hybridized carbons (Fsp3) is 0.880. The summed E-state index contributed by atoms with van der Waals surface area (Å²) in [5.74, 6) is 3.04. The molecule has 4 aliphatic rings. The lowest BCUT2D eigenvalue weighted by atomic mass is 9.43.